The molecule has 1 saturated heterocycles. The first kappa shape index (κ1) is 19.1. The molecule has 0 radical (unpaired) electrons. The van der Waals surface area contributed by atoms with Crippen molar-refractivity contribution in [2.45, 2.75) is 44.8 Å². The number of benzene rings is 1. The molecule has 3 fully saturated rings. The molecule has 0 bridgehead atoms. The number of imidazole rings is 1. The highest BCUT2D eigenvalue weighted by Gasteiger charge is 2.45. The quantitative estimate of drug-likeness (QED) is 0.844. The van der Waals surface area contributed by atoms with Gasteiger partial charge in [-0.1, -0.05) is 0 Å². The first-order valence-corrected chi connectivity index (χ1v) is 11.0. The molecular formula is C23H32N4O2. The van der Waals surface area contributed by atoms with Gasteiger partial charge in [0.05, 0.1) is 17.1 Å². The lowest BCUT2D eigenvalue weighted by Crippen LogP contribution is -2.48. The van der Waals surface area contributed by atoms with Gasteiger partial charge < -0.3 is 19.5 Å². The van der Waals surface area contributed by atoms with Gasteiger partial charge >= 0.3 is 0 Å². The fourth-order valence-corrected chi connectivity index (χ4v) is 5.28. The van der Waals surface area contributed by atoms with Gasteiger partial charge in [-0.2, -0.15) is 0 Å². The van der Waals surface area contributed by atoms with Gasteiger partial charge in [0.25, 0.3) is 5.91 Å². The number of ether oxygens (including phenoxy) is 1. The van der Waals surface area contributed by atoms with Crippen LogP contribution in [0.5, 0.6) is 0 Å². The van der Waals surface area contributed by atoms with Crippen LogP contribution in [0.3, 0.4) is 0 Å². The fourth-order valence-electron chi connectivity index (χ4n) is 5.28. The van der Waals surface area contributed by atoms with Crippen molar-refractivity contribution in [3.63, 3.8) is 0 Å². The van der Waals surface area contributed by atoms with E-state index in [9.17, 15) is 4.79 Å². The Morgan fingerprint density at radius 2 is 2.00 bits per heavy atom. The molecule has 2 aliphatic carbocycles. The number of aryl methyl sites for hydroxylation is 1. The fraction of sp³-hybridized carbons (Fsp3) is 0.652. The summed E-state index contributed by atoms with van der Waals surface area (Å²) in [6.07, 6.45) is 5.14. The van der Waals surface area contributed by atoms with E-state index in [4.69, 9.17) is 4.74 Å². The summed E-state index contributed by atoms with van der Waals surface area (Å²) in [4.78, 5) is 25.3. The maximum absolute atomic E-state index is 13.2. The van der Waals surface area contributed by atoms with Gasteiger partial charge in [0.2, 0.25) is 0 Å². The van der Waals surface area contributed by atoms with Crippen molar-refractivity contribution < 1.29 is 9.53 Å². The molecular weight excluding hydrogens is 364 g/mol. The Morgan fingerprint density at radius 3 is 2.72 bits per heavy atom. The van der Waals surface area contributed by atoms with Crippen LogP contribution in [-0.4, -0.2) is 71.6 Å². The number of rotatable bonds is 5. The number of carbonyl (C=O) groups is 1. The number of nitrogens with zero attached hydrogens (tertiary/aromatic N) is 3. The number of hydrogen-bond acceptors (Lipinski definition) is 4. The van der Waals surface area contributed by atoms with Crippen LogP contribution in [0.4, 0.5) is 0 Å². The van der Waals surface area contributed by atoms with Gasteiger partial charge in [-0.05, 0) is 82.7 Å². The molecule has 1 aromatic carbocycles. The Labute approximate surface area is 172 Å². The minimum absolute atomic E-state index is 0.144. The molecule has 2 saturated carbocycles. The van der Waals surface area contributed by atoms with Crippen LogP contribution < -0.4 is 0 Å². The number of fused-ring (bicyclic) bond motifs is 2. The van der Waals surface area contributed by atoms with Crippen LogP contribution in [0.25, 0.3) is 11.0 Å². The van der Waals surface area contributed by atoms with E-state index in [0.29, 0.717) is 24.0 Å². The average Bonchev–Trinajstić information content (AvgIpc) is 3.31. The third-order valence-electron chi connectivity index (χ3n) is 7.13. The second-order valence-electron chi connectivity index (χ2n) is 9.60. The molecule has 1 amide bonds. The molecule has 2 heterocycles. The third-order valence-corrected chi connectivity index (χ3v) is 7.13. The van der Waals surface area contributed by atoms with E-state index in [1.807, 2.05) is 25.1 Å². The van der Waals surface area contributed by atoms with Crippen molar-refractivity contribution in [3.8, 4) is 0 Å². The average molecular weight is 397 g/mol. The zero-order valence-electron chi connectivity index (χ0n) is 17.7. The molecule has 4 atom stereocenters. The molecule has 1 N–H and O–H groups in total. The van der Waals surface area contributed by atoms with E-state index in [1.165, 1.54) is 12.8 Å². The van der Waals surface area contributed by atoms with Crippen molar-refractivity contribution in [2.75, 3.05) is 33.8 Å². The normalized spacial score (nSPS) is 29.6. The summed E-state index contributed by atoms with van der Waals surface area (Å²) in [7, 11) is 4.33. The standard InChI is InChI=1S/C23H32N4O2/c1-14-24-19-7-6-16(8-20(19)25-14)23(28)27-11-17-9-21(26(2)3)22(10-18(17)12-27)29-13-15-4-5-15/h6-8,15,17-18,21-22H,4-5,9-13H2,1-3H3,(H,24,25)/t17-,18+,21-,22-/m1/s1. The molecule has 29 heavy (non-hydrogen) atoms. The van der Waals surface area contributed by atoms with Crippen molar-refractivity contribution >= 4 is 16.9 Å². The molecule has 0 spiro atoms. The SMILES string of the molecule is Cc1nc2ccc(C(=O)N3C[C@H]4C[C@@H](N(C)C)[C@H](OCC5CC5)C[C@H]4C3)cc2[nH]1. The Kier molecular flexibility index (Phi) is 4.87. The highest BCUT2D eigenvalue weighted by atomic mass is 16.5. The predicted molar refractivity (Wildman–Crippen MR) is 113 cm³/mol. The number of H-pyrrole nitrogens is 1. The minimum Gasteiger partial charge on any atom is -0.376 e. The largest absolute Gasteiger partial charge is 0.376 e. The second-order valence-corrected chi connectivity index (χ2v) is 9.60. The number of likely N-dealkylation sites (tertiary alicyclic amines) is 1. The van der Waals surface area contributed by atoms with Gasteiger partial charge in [0.1, 0.15) is 5.82 Å². The monoisotopic (exact) mass is 396 g/mol. The first-order chi connectivity index (χ1) is 14.0. The van der Waals surface area contributed by atoms with Gasteiger partial charge in [0.15, 0.2) is 0 Å². The highest BCUT2D eigenvalue weighted by Crippen LogP contribution is 2.40. The van der Waals surface area contributed by atoms with Gasteiger partial charge in [0, 0.05) is 31.3 Å². The number of aromatic amines is 1. The first-order valence-electron chi connectivity index (χ1n) is 11.0. The smallest absolute Gasteiger partial charge is 0.253 e. The van der Waals surface area contributed by atoms with Crippen LogP contribution in [0.1, 0.15) is 41.9 Å². The van der Waals surface area contributed by atoms with Gasteiger partial charge in [-0.3, -0.25) is 4.79 Å². The zero-order chi connectivity index (χ0) is 20.1. The lowest BCUT2D eigenvalue weighted by Gasteiger charge is -2.41. The Morgan fingerprint density at radius 1 is 1.24 bits per heavy atom. The number of hydrogen-bond donors (Lipinski definition) is 1. The molecule has 6 nitrogen and oxygen atoms in total. The molecule has 2 aromatic rings. The summed E-state index contributed by atoms with van der Waals surface area (Å²) < 4.78 is 6.36. The third kappa shape index (κ3) is 3.80. The number of likely N-dealkylation sites (N-methyl/N-ethyl adjacent to an activating group) is 1. The summed E-state index contributed by atoms with van der Waals surface area (Å²) in [6, 6.07) is 6.26. The van der Waals surface area contributed by atoms with Crippen LogP contribution in [0.2, 0.25) is 0 Å². The molecule has 5 rings (SSSR count). The van der Waals surface area contributed by atoms with Crippen molar-refractivity contribution in [1.82, 2.24) is 19.8 Å². The summed E-state index contributed by atoms with van der Waals surface area (Å²) >= 11 is 0. The minimum atomic E-state index is 0.144. The summed E-state index contributed by atoms with van der Waals surface area (Å²) in [5, 5.41) is 0. The number of nitrogens with one attached hydrogen (secondary N) is 1. The molecule has 3 aliphatic rings. The molecule has 1 aliphatic heterocycles. The van der Waals surface area contributed by atoms with Crippen molar-refractivity contribution in [2.24, 2.45) is 17.8 Å². The van der Waals surface area contributed by atoms with Crippen molar-refractivity contribution in [3.05, 3.63) is 29.6 Å². The van der Waals surface area contributed by atoms with E-state index in [2.05, 4.69) is 33.9 Å². The number of amides is 1. The van der Waals surface area contributed by atoms with E-state index >= 15 is 0 Å². The van der Waals surface area contributed by atoms with E-state index in [0.717, 1.165) is 60.9 Å². The van der Waals surface area contributed by atoms with Crippen LogP contribution in [-0.2, 0) is 4.74 Å². The predicted octanol–water partition coefficient (Wildman–Crippen LogP) is 3.08. The van der Waals surface area contributed by atoms with E-state index < -0.39 is 0 Å². The second kappa shape index (κ2) is 7.40. The Balaban J connectivity index is 1.29. The lowest BCUT2D eigenvalue weighted by atomic mass is 9.77. The Bertz CT molecular complexity index is 903. The van der Waals surface area contributed by atoms with Crippen LogP contribution >= 0.6 is 0 Å². The topological polar surface area (TPSA) is 61.5 Å². The van der Waals surface area contributed by atoms with Crippen LogP contribution in [0.15, 0.2) is 18.2 Å². The van der Waals surface area contributed by atoms with Gasteiger partial charge in [-0.15, -0.1) is 0 Å². The van der Waals surface area contributed by atoms with E-state index in [1.54, 1.807) is 0 Å². The summed E-state index contributed by atoms with van der Waals surface area (Å²) in [5.74, 6) is 2.94. The lowest BCUT2D eigenvalue weighted by molar-refractivity contribution is -0.0493. The maximum Gasteiger partial charge on any atom is 0.253 e. The summed E-state index contributed by atoms with van der Waals surface area (Å²) in [6.45, 7) is 4.57. The Hall–Kier alpha value is -1.92. The van der Waals surface area contributed by atoms with E-state index in [-0.39, 0.29) is 5.91 Å². The van der Waals surface area contributed by atoms with Crippen molar-refractivity contribution in [1.29, 1.82) is 0 Å². The molecule has 6 heteroatoms. The zero-order valence-corrected chi connectivity index (χ0v) is 17.7. The molecule has 0 unspecified atom stereocenters. The maximum atomic E-state index is 13.2. The number of aromatic nitrogens is 2. The van der Waals surface area contributed by atoms with Gasteiger partial charge in [-0.25, -0.2) is 4.98 Å². The number of carbonyl (C=O) groups excluding carboxylic acids is 1. The summed E-state index contributed by atoms with van der Waals surface area (Å²) in [5.41, 5.74) is 2.61. The molecule has 1 aromatic heterocycles. The molecule has 156 valence electrons. The highest BCUT2D eigenvalue weighted by molar-refractivity contribution is 5.97. The van der Waals surface area contributed by atoms with Crippen LogP contribution in [0, 0.1) is 24.7 Å².